The van der Waals surface area contributed by atoms with Crippen molar-refractivity contribution in [2.45, 2.75) is 6.04 Å². The smallest absolute Gasteiger partial charge is 0.295 e. The van der Waals surface area contributed by atoms with Crippen LogP contribution in [0.25, 0.3) is 5.76 Å². The number of hydrogen-bond donors (Lipinski definition) is 1. The van der Waals surface area contributed by atoms with Crippen molar-refractivity contribution in [2.24, 2.45) is 0 Å². The van der Waals surface area contributed by atoms with Gasteiger partial charge in [0.25, 0.3) is 11.7 Å². The van der Waals surface area contributed by atoms with Crippen molar-refractivity contribution in [1.29, 1.82) is 0 Å². The zero-order chi connectivity index (χ0) is 26.4. The molecular weight excluding hydrogens is 464 g/mol. The average molecular weight is 497 g/mol. The molecule has 1 unspecified atom stereocenters. The fraction of sp³-hybridized carbons (Fsp3) is 0.333. The van der Waals surface area contributed by atoms with Crippen molar-refractivity contribution in [3.63, 3.8) is 0 Å². The Hall–Kier alpha value is -3.98. The maximum absolute atomic E-state index is 13.3. The minimum absolute atomic E-state index is 0.0206. The van der Waals surface area contributed by atoms with E-state index in [-0.39, 0.29) is 17.9 Å². The van der Waals surface area contributed by atoms with Crippen LogP contribution in [-0.4, -0.2) is 81.7 Å². The predicted octanol–water partition coefficient (Wildman–Crippen LogP) is 3.26. The fourth-order valence-electron chi connectivity index (χ4n) is 4.04. The summed E-state index contributed by atoms with van der Waals surface area (Å²) < 4.78 is 21.9. The number of amides is 1. The monoisotopic (exact) mass is 496 g/mol. The van der Waals surface area contributed by atoms with E-state index in [9.17, 15) is 14.7 Å². The molecule has 0 radical (unpaired) electrons. The predicted molar refractivity (Wildman–Crippen MR) is 136 cm³/mol. The maximum Gasteiger partial charge on any atom is 0.295 e. The second-order valence-electron chi connectivity index (χ2n) is 8.38. The third-order valence-electron chi connectivity index (χ3n) is 5.83. The van der Waals surface area contributed by atoms with Gasteiger partial charge in [0.05, 0.1) is 32.9 Å². The first-order valence-corrected chi connectivity index (χ1v) is 11.3. The van der Waals surface area contributed by atoms with Crippen LogP contribution in [0.3, 0.4) is 0 Å². The molecule has 1 saturated heterocycles. The van der Waals surface area contributed by atoms with Crippen LogP contribution in [0.2, 0.25) is 0 Å². The number of likely N-dealkylation sites (tertiary alicyclic amines) is 1. The molecule has 3 rings (SSSR count). The first-order valence-electron chi connectivity index (χ1n) is 11.3. The Balaban J connectivity index is 2.18. The number of likely N-dealkylation sites (N-methyl/N-ethyl adjacent to an activating group) is 1. The summed E-state index contributed by atoms with van der Waals surface area (Å²) in [6.07, 6.45) is 1.63. The van der Waals surface area contributed by atoms with Gasteiger partial charge in [0.1, 0.15) is 18.1 Å². The van der Waals surface area contributed by atoms with E-state index in [1.54, 1.807) is 42.5 Å². The number of aliphatic hydroxyl groups is 1. The molecule has 9 nitrogen and oxygen atoms in total. The van der Waals surface area contributed by atoms with E-state index >= 15 is 0 Å². The number of aliphatic hydroxyl groups excluding tert-OH is 1. The summed E-state index contributed by atoms with van der Waals surface area (Å²) in [6, 6.07) is 9.11. The van der Waals surface area contributed by atoms with Crippen molar-refractivity contribution in [2.75, 3.05) is 55.1 Å². The first kappa shape index (κ1) is 26.6. The molecule has 1 N–H and O–H groups in total. The van der Waals surface area contributed by atoms with Gasteiger partial charge in [-0.05, 0) is 56.1 Å². The highest BCUT2D eigenvalue weighted by Crippen LogP contribution is 2.45. The fourth-order valence-corrected chi connectivity index (χ4v) is 4.04. The van der Waals surface area contributed by atoms with Crippen LogP contribution in [0.15, 0.2) is 54.6 Å². The molecule has 1 aliphatic rings. The van der Waals surface area contributed by atoms with Crippen molar-refractivity contribution < 1.29 is 33.6 Å². The van der Waals surface area contributed by atoms with Crippen LogP contribution < -0.4 is 18.9 Å². The first-order chi connectivity index (χ1) is 17.3. The number of ketones is 1. The summed E-state index contributed by atoms with van der Waals surface area (Å²) >= 11 is 0. The van der Waals surface area contributed by atoms with Crippen LogP contribution in [-0.2, 0) is 9.59 Å². The van der Waals surface area contributed by atoms with E-state index in [0.717, 1.165) is 0 Å². The van der Waals surface area contributed by atoms with Crippen molar-refractivity contribution >= 4 is 17.4 Å². The van der Waals surface area contributed by atoms with E-state index in [0.29, 0.717) is 47.3 Å². The Bertz CT molecular complexity index is 1130. The second kappa shape index (κ2) is 11.6. The van der Waals surface area contributed by atoms with Crippen molar-refractivity contribution in [1.82, 2.24) is 9.80 Å². The Labute approximate surface area is 211 Å². The summed E-state index contributed by atoms with van der Waals surface area (Å²) in [5.74, 6) is -0.0412. The number of nitrogens with zero attached hydrogens (tertiary/aromatic N) is 2. The highest BCUT2D eigenvalue weighted by atomic mass is 16.5. The van der Waals surface area contributed by atoms with E-state index < -0.39 is 17.7 Å². The molecule has 0 bridgehead atoms. The number of Topliss-reactive ketones (excluding diaryl/α,β-unsaturated/α-hetero) is 1. The van der Waals surface area contributed by atoms with Crippen LogP contribution in [0, 0.1) is 0 Å². The minimum Gasteiger partial charge on any atom is -0.507 e. The van der Waals surface area contributed by atoms with Gasteiger partial charge in [0.2, 0.25) is 5.75 Å². The van der Waals surface area contributed by atoms with E-state index in [1.807, 2.05) is 19.0 Å². The Morgan fingerprint density at radius 1 is 1.06 bits per heavy atom. The standard InChI is InChI=1S/C27H32N2O7/c1-7-14-36-19-10-8-17(9-11-19)24(30)22-23(29(13-12-28(2)3)27(32)25(22)31)18-15-20(33-4)26(35-6)21(16-18)34-5/h7-11,15-16,23,30H,1,12-14H2,2-6H3/b24-22+. The highest BCUT2D eigenvalue weighted by molar-refractivity contribution is 6.46. The number of benzene rings is 2. The molecule has 1 amide bonds. The number of carbonyl (C=O) groups excluding carboxylic acids is 2. The molecule has 36 heavy (non-hydrogen) atoms. The maximum atomic E-state index is 13.3. The second-order valence-corrected chi connectivity index (χ2v) is 8.38. The van der Waals surface area contributed by atoms with Crippen LogP contribution >= 0.6 is 0 Å². The lowest BCUT2D eigenvalue weighted by Crippen LogP contribution is -2.35. The van der Waals surface area contributed by atoms with Crippen molar-refractivity contribution in [3.8, 4) is 23.0 Å². The largest absolute Gasteiger partial charge is 0.507 e. The molecule has 1 fully saturated rings. The average Bonchev–Trinajstić information content (AvgIpc) is 3.14. The van der Waals surface area contributed by atoms with Gasteiger partial charge >= 0.3 is 0 Å². The third-order valence-corrected chi connectivity index (χ3v) is 5.83. The van der Waals surface area contributed by atoms with E-state index in [1.165, 1.54) is 26.2 Å². The van der Waals surface area contributed by atoms with Gasteiger partial charge < -0.3 is 33.9 Å². The normalized spacial score (nSPS) is 16.8. The molecule has 192 valence electrons. The summed E-state index contributed by atoms with van der Waals surface area (Å²) in [6.45, 7) is 4.74. The number of carbonyl (C=O) groups is 2. The van der Waals surface area contributed by atoms with Crippen LogP contribution in [0.1, 0.15) is 17.2 Å². The van der Waals surface area contributed by atoms with Gasteiger partial charge in [0.15, 0.2) is 11.5 Å². The van der Waals surface area contributed by atoms with Gasteiger partial charge in [-0.3, -0.25) is 9.59 Å². The molecule has 0 saturated carbocycles. The Morgan fingerprint density at radius 2 is 1.67 bits per heavy atom. The van der Waals surface area contributed by atoms with Gasteiger partial charge in [0, 0.05) is 18.7 Å². The lowest BCUT2D eigenvalue weighted by atomic mass is 9.94. The molecule has 9 heteroatoms. The lowest BCUT2D eigenvalue weighted by molar-refractivity contribution is -0.140. The number of hydrogen-bond acceptors (Lipinski definition) is 8. The summed E-state index contributed by atoms with van der Waals surface area (Å²) in [5, 5.41) is 11.3. The molecule has 0 aromatic heterocycles. The molecule has 2 aromatic rings. The SMILES string of the molecule is C=CCOc1ccc(/C(O)=C2\C(=O)C(=O)N(CCN(C)C)C2c2cc(OC)c(OC)c(OC)c2)cc1. The molecule has 1 atom stereocenters. The topological polar surface area (TPSA) is 97.8 Å². The third kappa shape index (κ3) is 5.31. The Morgan fingerprint density at radius 3 is 2.17 bits per heavy atom. The van der Waals surface area contributed by atoms with E-state index in [4.69, 9.17) is 18.9 Å². The number of ether oxygens (including phenoxy) is 4. The molecule has 0 spiro atoms. The molecule has 1 aliphatic heterocycles. The zero-order valence-corrected chi connectivity index (χ0v) is 21.2. The zero-order valence-electron chi connectivity index (χ0n) is 21.2. The van der Waals surface area contributed by atoms with Crippen molar-refractivity contribution in [3.05, 3.63) is 65.8 Å². The van der Waals surface area contributed by atoms with Crippen LogP contribution in [0.4, 0.5) is 0 Å². The van der Waals surface area contributed by atoms with Gasteiger partial charge in [-0.2, -0.15) is 0 Å². The lowest BCUT2D eigenvalue weighted by Gasteiger charge is -2.27. The van der Waals surface area contributed by atoms with Gasteiger partial charge in [-0.1, -0.05) is 12.7 Å². The molecule has 1 heterocycles. The summed E-state index contributed by atoms with van der Waals surface area (Å²) in [7, 11) is 8.22. The molecule has 2 aromatic carbocycles. The van der Waals surface area contributed by atoms with Gasteiger partial charge in [-0.15, -0.1) is 0 Å². The highest BCUT2D eigenvalue weighted by Gasteiger charge is 2.46. The number of rotatable bonds is 11. The Kier molecular flexibility index (Phi) is 8.60. The summed E-state index contributed by atoms with van der Waals surface area (Å²) in [4.78, 5) is 29.8. The van der Waals surface area contributed by atoms with Gasteiger partial charge in [-0.25, -0.2) is 0 Å². The summed E-state index contributed by atoms with van der Waals surface area (Å²) in [5.41, 5.74) is 0.895. The quantitative estimate of drug-likeness (QED) is 0.219. The molecule has 0 aliphatic carbocycles. The van der Waals surface area contributed by atoms with E-state index in [2.05, 4.69) is 6.58 Å². The van der Waals surface area contributed by atoms with Crippen LogP contribution in [0.5, 0.6) is 23.0 Å². The minimum atomic E-state index is -0.865. The molecular formula is C27H32N2O7. The number of methoxy groups -OCH3 is 3.